The van der Waals surface area contributed by atoms with Gasteiger partial charge in [0.15, 0.2) is 0 Å². The van der Waals surface area contributed by atoms with Crippen LogP contribution in [0.4, 0.5) is 0 Å². The fourth-order valence-electron chi connectivity index (χ4n) is 1.70. The molecule has 0 saturated carbocycles. The molecule has 0 saturated heterocycles. The summed E-state index contributed by atoms with van der Waals surface area (Å²) in [7, 11) is 1.60. The van der Waals surface area contributed by atoms with Crippen LogP contribution in [0.3, 0.4) is 0 Å². The van der Waals surface area contributed by atoms with Gasteiger partial charge in [-0.25, -0.2) is 4.79 Å². The first-order chi connectivity index (χ1) is 8.70. The van der Waals surface area contributed by atoms with Gasteiger partial charge >= 0.3 is 5.97 Å². The van der Waals surface area contributed by atoms with E-state index in [0.717, 1.165) is 44.9 Å². The van der Waals surface area contributed by atoms with Crippen LogP contribution in [0.2, 0.25) is 0 Å². The first-order valence-corrected chi connectivity index (χ1v) is 6.67. The van der Waals surface area contributed by atoms with Crippen LogP contribution in [0.1, 0.15) is 44.9 Å². The molecule has 1 N–H and O–H groups in total. The van der Waals surface area contributed by atoms with Crippen molar-refractivity contribution in [2.24, 2.45) is 0 Å². The van der Waals surface area contributed by atoms with Gasteiger partial charge in [-0.05, 0) is 12.8 Å². The largest absolute Gasteiger partial charge is 0.463 e. The average Bonchev–Trinajstić information content (AvgIpc) is 2.36. The number of hydrogen-bond acceptors (Lipinski definition) is 4. The summed E-state index contributed by atoms with van der Waals surface area (Å²) >= 11 is 0. The average molecular weight is 258 g/mol. The third-order valence-corrected chi connectivity index (χ3v) is 2.70. The van der Waals surface area contributed by atoms with Crippen molar-refractivity contribution in [1.82, 2.24) is 0 Å². The summed E-state index contributed by atoms with van der Waals surface area (Å²) in [6.07, 6.45) is 8.13. The maximum Gasteiger partial charge on any atom is 0.330 e. The number of carbonyl (C=O) groups excluding carboxylic acids is 1. The predicted molar refractivity (Wildman–Crippen MR) is 71.4 cm³/mol. The van der Waals surface area contributed by atoms with E-state index in [9.17, 15) is 9.90 Å². The molecule has 106 valence electrons. The molecule has 0 aliphatic heterocycles. The van der Waals surface area contributed by atoms with Crippen LogP contribution in [0.25, 0.3) is 0 Å². The molecule has 0 amide bonds. The van der Waals surface area contributed by atoms with Gasteiger partial charge in [0, 0.05) is 13.2 Å². The van der Waals surface area contributed by atoms with E-state index in [4.69, 9.17) is 9.47 Å². The summed E-state index contributed by atoms with van der Waals surface area (Å²) in [6, 6.07) is 0. The zero-order valence-electron chi connectivity index (χ0n) is 11.4. The fraction of sp³-hybridized carbons (Fsp3) is 0.786. The highest BCUT2D eigenvalue weighted by Gasteiger charge is 2.02. The maximum absolute atomic E-state index is 10.7. The van der Waals surface area contributed by atoms with Crippen LogP contribution in [0.15, 0.2) is 12.7 Å². The molecule has 0 aromatic carbocycles. The van der Waals surface area contributed by atoms with Gasteiger partial charge in [-0.1, -0.05) is 38.7 Å². The molecular weight excluding hydrogens is 232 g/mol. The smallest absolute Gasteiger partial charge is 0.330 e. The van der Waals surface area contributed by atoms with Gasteiger partial charge in [0.05, 0.1) is 19.3 Å². The minimum absolute atomic E-state index is 0.326. The molecule has 1 atom stereocenters. The van der Waals surface area contributed by atoms with Crippen molar-refractivity contribution in [3.8, 4) is 0 Å². The number of aliphatic hydroxyl groups excluding tert-OH is 1. The van der Waals surface area contributed by atoms with E-state index in [-0.39, 0.29) is 12.1 Å². The molecule has 4 heteroatoms. The third-order valence-electron chi connectivity index (χ3n) is 2.70. The lowest BCUT2D eigenvalue weighted by atomic mass is 10.1. The first kappa shape index (κ1) is 17.1. The molecule has 0 heterocycles. The lowest BCUT2D eigenvalue weighted by molar-refractivity contribution is -0.137. The number of esters is 1. The zero-order chi connectivity index (χ0) is 13.6. The Kier molecular flexibility index (Phi) is 12.0. The number of carbonyl (C=O) groups is 1. The van der Waals surface area contributed by atoms with Gasteiger partial charge in [0.1, 0.15) is 0 Å². The Morgan fingerprint density at radius 1 is 1.22 bits per heavy atom. The first-order valence-electron chi connectivity index (χ1n) is 6.67. The van der Waals surface area contributed by atoms with Gasteiger partial charge in [-0.2, -0.15) is 0 Å². The molecule has 0 radical (unpaired) electrons. The molecule has 1 unspecified atom stereocenters. The Labute approximate surface area is 110 Å². The van der Waals surface area contributed by atoms with E-state index >= 15 is 0 Å². The van der Waals surface area contributed by atoms with Crippen LogP contribution in [-0.4, -0.2) is 37.5 Å². The molecule has 0 spiro atoms. The fourth-order valence-corrected chi connectivity index (χ4v) is 1.70. The monoisotopic (exact) mass is 258 g/mol. The Hall–Kier alpha value is -0.870. The van der Waals surface area contributed by atoms with Crippen LogP contribution in [-0.2, 0) is 14.3 Å². The Morgan fingerprint density at radius 2 is 1.83 bits per heavy atom. The minimum atomic E-state index is -0.345. The number of hydrogen-bond donors (Lipinski definition) is 1. The van der Waals surface area contributed by atoms with Crippen molar-refractivity contribution in [3.05, 3.63) is 12.7 Å². The summed E-state index contributed by atoms with van der Waals surface area (Å²) in [5, 5.41) is 9.42. The maximum atomic E-state index is 10.7. The van der Waals surface area contributed by atoms with Gasteiger partial charge < -0.3 is 14.6 Å². The number of methoxy groups -OCH3 is 1. The molecule has 18 heavy (non-hydrogen) atoms. The van der Waals surface area contributed by atoms with Gasteiger partial charge in [0.25, 0.3) is 0 Å². The van der Waals surface area contributed by atoms with Crippen molar-refractivity contribution in [1.29, 1.82) is 0 Å². The van der Waals surface area contributed by atoms with E-state index in [0.29, 0.717) is 13.2 Å². The summed E-state index contributed by atoms with van der Waals surface area (Å²) in [5.41, 5.74) is 0. The standard InChI is InChI=1S/C14H26O4/c1-3-14(16)18-11-9-7-5-4-6-8-10-13(15)12-17-2/h3,13,15H,1,4-12H2,2H3. The zero-order valence-corrected chi connectivity index (χ0v) is 11.4. The van der Waals surface area contributed by atoms with Crippen molar-refractivity contribution in [2.45, 2.75) is 51.0 Å². The highest BCUT2D eigenvalue weighted by Crippen LogP contribution is 2.09. The highest BCUT2D eigenvalue weighted by atomic mass is 16.5. The van der Waals surface area contributed by atoms with E-state index in [1.165, 1.54) is 6.08 Å². The van der Waals surface area contributed by atoms with Gasteiger partial charge in [0.2, 0.25) is 0 Å². The van der Waals surface area contributed by atoms with E-state index in [1.807, 2.05) is 0 Å². The predicted octanol–water partition coefficient (Wildman–Crippen LogP) is 2.45. The van der Waals surface area contributed by atoms with Crippen molar-refractivity contribution in [2.75, 3.05) is 20.3 Å². The summed E-state index contributed by atoms with van der Waals surface area (Å²) in [4.78, 5) is 10.7. The quantitative estimate of drug-likeness (QED) is 0.332. The molecule has 0 fully saturated rings. The second-order valence-corrected chi connectivity index (χ2v) is 4.39. The van der Waals surface area contributed by atoms with Crippen LogP contribution < -0.4 is 0 Å². The number of rotatable bonds is 12. The summed E-state index contributed by atoms with van der Waals surface area (Å²) in [5.74, 6) is -0.345. The third kappa shape index (κ3) is 11.6. The Morgan fingerprint density at radius 3 is 2.44 bits per heavy atom. The molecule has 0 aliphatic carbocycles. The minimum Gasteiger partial charge on any atom is -0.463 e. The second-order valence-electron chi connectivity index (χ2n) is 4.39. The summed E-state index contributed by atoms with van der Waals surface area (Å²) < 4.78 is 9.73. The number of ether oxygens (including phenoxy) is 2. The van der Waals surface area contributed by atoms with E-state index in [1.54, 1.807) is 7.11 Å². The molecule has 4 nitrogen and oxygen atoms in total. The highest BCUT2D eigenvalue weighted by molar-refractivity contribution is 5.81. The topological polar surface area (TPSA) is 55.8 Å². The van der Waals surface area contributed by atoms with Crippen LogP contribution in [0, 0.1) is 0 Å². The lowest BCUT2D eigenvalue weighted by Gasteiger charge is -2.08. The molecule has 0 bridgehead atoms. The molecule has 0 rings (SSSR count). The van der Waals surface area contributed by atoms with Crippen molar-refractivity contribution >= 4 is 5.97 Å². The molecular formula is C14H26O4. The number of unbranched alkanes of at least 4 members (excludes halogenated alkanes) is 5. The van der Waals surface area contributed by atoms with E-state index < -0.39 is 0 Å². The molecule has 0 aliphatic rings. The van der Waals surface area contributed by atoms with Gasteiger partial charge in [-0.15, -0.1) is 0 Å². The molecule has 0 aromatic heterocycles. The van der Waals surface area contributed by atoms with Crippen molar-refractivity contribution in [3.63, 3.8) is 0 Å². The normalized spacial score (nSPS) is 12.1. The lowest BCUT2D eigenvalue weighted by Crippen LogP contribution is -2.13. The Bertz CT molecular complexity index is 216. The Balaban J connectivity index is 3.12. The van der Waals surface area contributed by atoms with Crippen molar-refractivity contribution < 1.29 is 19.4 Å². The van der Waals surface area contributed by atoms with Gasteiger partial charge in [-0.3, -0.25) is 0 Å². The molecule has 0 aromatic rings. The second kappa shape index (κ2) is 12.6. The van der Waals surface area contributed by atoms with E-state index in [2.05, 4.69) is 6.58 Å². The summed E-state index contributed by atoms with van der Waals surface area (Å²) in [6.45, 7) is 4.24. The van der Waals surface area contributed by atoms with Crippen LogP contribution in [0.5, 0.6) is 0 Å². The SMILES string of the molecule is C=CC(=O)OCCCCCCCCC(O)COC. The van der Waals surface area contributed by atoms with Crippen LogP contribution >= 0.6 is 0 Å². The number of aliphatic hydroxyl groups is 1.